The third-order valence-corrected chi connectivity index (χ3v) is 3.62. The molecule has 0 unspecified atom stereocenters. The first kappa shape index (κ1) is 18.4. The highest BCUT2D eigenvalue weighted by Gasteiger charge is 2.13. The van der Waals surface area contributed by atoms with Crippen molar-refractivity contribution in [2.75, 3.05) is 18.9 Å². The summed E-state index contributed by atoms with van der Waals surface area (Å²) in [4.78, 5) is 20.0. The summed E-state index contributed by atoms with van der Waals surface area (Å²) in [6.45, 7) is 4.70. The number of pyridine rings is 1. The maximum atomic E-state index is 12.0. The van der Waals surface area contributed by atoms with Gasteiger partial charge in [-0.3, -0.25) is 14.8 Å². The normalized spacial score (nSPS) is 11.2. The van der Waals surface area contributed by atoms with Gasteiger partial charge in [-0.2, -0.15) is 0 Å². The Hall–Kier alpha value is -2.90. The molecule has 2 heterocycles. The number of guanidine groups is 1. The molecule has 0 radical (unpaired) electrons. The van der Waals surface area contributed by atoms with Gasteiger partial charge in [-0.05, 0) is 18.6 Å². The average molecular weight is 344 g/mol. The molecule has 0 saturated carbocycles. The molecule has 8 nitrogen and oxygen atoms in total. The summed E-state index contributed by atoms with van der Waals surface area (Å²) in [5, 5.41) is 13.0. The number of anilines is 1. The zero-order valence-electron chi connectivity index (χ0n) is 14.8. The lowest BCUT2D eigenvalue weighted by Crippen LogP contribution is -2.41. The van der Waals surface area contributed by atoms with E-state index in [1.807, 2.05) is 13.8 Å². The lowest BCUT2D eigenvalue weighted by atomic mass is 10.1. The van der Waals surface area contributed by atoms with E-state index in [-0.39, 0.29) is 12.5 Å². The number of nitrogens with one attached hydrogen (secondary N) is 3. The van der Waals surface area contributed by atoms with Gasteiger partial charge in [0, 0.05) is 31.8 Å². The van der Waals surface area contributed by atoms with E-state index in [2.05, 4.69) is 31.1 Å². The van der Waals surface area contributed by atoms with Gasteiger partial charge in [-0.1, -0.05) is 19.0 Å². The molecule has 25 heavy (non-hydrogen) atoms. The topological polar surface area (TPSA) is 104 Å². The van der Waals surface area contributed by atoms with Crippen molar-refractivity contribution >= 4 is 17.6 Å². The van der Waals surface area contributed by atoms with Gasteiger partial charge in [0.1, 0.15) is 5.76 Å². The fourth-order valence-electron chi connectivity index (χ4n) is 2.34. The minimum Gasteiger partial charge on any atom is -0.361 e. The van der Waals surface area contributed by atoms with Crippen molar-refractivity contribution in [3.8, 4) is 0 Å². The second-order valence-electron chi connectivity index (χ2n) is 5.31. The highest BCUT2D eigenvalue weighted by Crippen LogP contribution is 2.15. The summed E-state index contributed by atoms with van der Waals surface area (Å²) >= 11 is 0. The van der Waals surface area contributed by atoms with Crippen LogP contribution in [-0.2, 0) is 24.2 Å². The van der Waals surface area contributed by atoms with Crippen LogP contribution in [0.2, 0.25) is 0 Å². The predicted molar refractivity (Wildman–Crippen MR) is 96.3 cm³/mol. The van der Waals surface area contributed by atoms with Gasteiger partial charge in [0.15, 0.2) is 5.96 Å². The Balaban J connectivity index is 1.85. The van der Waals surface area contributed by atoms with E-state index in [4.69, 9.17) is 4.52 Å². The molecule has 0 bridgehead atoms. The van der Waals surface area contributed by atoms with Crippen LogP contribution in [0.25, 0.3) is 0 Å². The zero-order valence-corrected chi connectivity index (χ0v) is 14.8. The SMILES string of the molecule is CCc1noc(CC)c1CNC(=NC)NCC(=O)Nc1cccnc1. The molecule has 2 aromatic rings. The predicted octanol–water partition coefficient (Wildman–Crippen LogP) is 1.50. The monoisotopic (exact) mass is 344 g/mol. The van der Waals surface area contributed by atoms with Crippen LogP contribution < -0.4 is 16.0 Å². The molecule has 0 aliphatic rings. The van der Waals surface area contributed by atoms with E-state index in [9.17, 15) is 4.79 Å². The number of aromatic nitrogens is 2. The molecule has 2 aromatic heterocycles. The zero-order chi connectivity index (χ0) is 18.1. The summed E-state index contributed by atoms with van der Waals surface area (Å²) < 4.78 is 5.35. The number of aliphatic imine (C=N–C) groups is 1. The molecule has 8 heteroatoms. The van der Waals surface area contributed by atoms with Crippen molar-refractivity contribution in [2.24, 2.45) is 4.99 Å². The number of rotatable bonds is 7. The Bertz CT molecular complexity index is 690. The molecular formula is C17H24N6O2. The van der Waals surface area contributed by atoms with E-state index in [1.165, 1.54) is 0 Å². The van der Waals surface area contributed by atoms with Gasteiger partial charge in [-0.25, -0.2) is 0 Å². The van der Waals surface area contributed by atoms with E-state index in [0.29, 0.717) is 18.2 Å². The Morgan fingerprint density at radius 1 is 1.28 bits per heavy atom. The number of nitrogens with zero attached hydrogens (tertiary/aromatic N) is 3. The first-order chi connectivity index (χ1) is 12.2. The highest BCUT2D eigenvalue weighted by molar-refractivity contribution is 5.94. The van der Waals surface area contributed by atoms with Crippen LogP contribution in [-0.4, -0.2) is 35.6 Å². The van der Waals surface area contributed by atoms with Crippen LogP contribution in [0.15, 0.2) is 34.0 Å². The molecule has 1 amide bonds. The number of carbonyl (C=O) groups is 1. The summed E-state index contributed by atoms with van der Waals surface area (Å²) in [5.74, 6) is 1.23. The summed E-state index contributed by atoms with van der Waals surface area (Å²) in [6, 6.07) is 3.54. The van der Waals surface area contributed by atoms with Crippen LogP contribution in [0.4, 0.5) is 5.69 Å². The van der Waals surface area contributed by atoms with Gasteiger partial charge in [0.05, 0.1) is 24.1 Å². The first-order valence-electron chi connectivity index (χ1n) is 8.28. The average Bonchev–Trinajstić information content (AvgIpc) is 3.04. The second kappa shape index (κ2) is 9.41. The van der Waals surface area contributed by atoms with Crippen LogP contribution in [0.5, 0.6) is 0 Å². The van der Waals surface area contributed by atoms with E-state index in [0.717, 1.165) is 29.9 Å². The molecule has 0 fully saturated rings. The van der Waals surface area contributed by atoms with Crippen molar-refractivity contribution in [3.05, 3.63) is 41.5 Å². The van der Waals surface area contributed by atoms with Crippen molar-refractivity contribution in [1.82, 2.24) is 20.8 Å². The summed E-state index contributed by atoms with van der Waals surface area (Å²) in [5.41, 5.74) is 2.64. The van der Waals surface area contributed by atoms with Crippen LogP contribution in [0, 0.1) is 0 Å². The minimum atomic E-state index is -0.176. The van der Waals surface area contributed by atoms with Crippen LogP contribution in [0.3, 0.4) is 0 Å². The van der Waals surface area contributed by atoms with E-state index in [1.54, 1.807) is 31.6 Å². The molecule has 0 aliphatic heterocycles. The summed E-state index contributed by atoms with van der Waals surface area (Å²) in [7, 11) is 1.66. The summed E-state index contributed by atoms with van der Waals surface area (Å²) in [6.07, 6.45) is 4.83. The third kappa shape index (κ3) is 5.30. The Morgan fingerprint density at radius 3 is 2.76 bits per heavy atom. The van der Waals surface area contributed by atoms with Gasteiger partial charge >= 0.3 is 0 Å². The van der Waals surface area contributed by atoms with Crippen molar-refractivity contribution in [2.45, 2.75) is 33.2 Å². The first-order valence-corrected chi connectivity index (χ1v) is 8.28. The van der Waals surface area contributed by atoms with Gasteiger partial charge in [0.2, 0.25) is 5.91 Å². The van der Waals surface area contributed by atoms with Crippen molar-refractivity contribution < 1.29 is 9.32 Å². The maximum absolute atomic E-state index is 12.0. The third-order valence-electron chi connectivity index (χ3n) is 3.62. The van der Waals surface area contributed by atoms with E-state index >= 15 is 0 Å². The highest BCUT2D eigenvalue weighted by atomic mass is 16.5. The smallest absolute Gasteiger partial charge is 0.243 e. The lowest BCUT2D eigenvalue weighted by molar-refractivity contribution is -0.115. The number of amides is 1. The molecule has 134 valence electrons. The van der Waals surface area contributed by atoms with Gasteiger partial charge in [0.25, 0.3) is 0 Å². The number of hydrogen-bond donors (Lipinski definition) is 3. The van der Waals surface area contributed by atoms with Crippen molar-refractivity contribution in [1.29, 1.82) is 0 Å². The van der Waals surface area contributed by atoms with Gasteiger partial charge < -0.3 is 20.5 Å². The molecule has 0 aromatic carbocycles. The molecule has 3 N–H and O–H groups in total. The minimum absolute atomic E-state index is 0.0967. The maximum Gasteiger partial charge on any atom is 0.243 e. The number of hydrogen-bond acceptors (Lipinski definition) is 5. The van der Waals surface area contributed by atoms with Gasteiger partial charge in [-0.15, -0.1) is 0 Å². The Labute approximate surface area is 147 Å². The molecule has 2 rings (SSSR count). The fraction of sp³-hybridized carbons (Fsp3) is 0.412. The molecular weight excluding hydrogens is 320 g/mol. The quantitative estimate of drug-likeness (QED) is 0.519. The molecule has 0 aliphatic carbocycles. The second-order valence-corrected chi connectivity index (χ2v) is 5.31. The van der Waals surface area contributed by atoms with Crippen LogP contribution >= 0.6 is 0 Å². The van der Waals surface area contributed by atoms with E-state index < -0.39 is 0 Å². The largest absolute Gasteiger partial charge is 0.361 e. The number of carbonyl (C=O) groups excluding carboxylic acids is 1. The fourth-order valence-corrected chi connectivity index (χ4v) is 2.34. The molecule has 0 saturated heterocycles. The Kier molecular flexibility index (Phi) is 6.94. The molecule has 0 atom stereocenters. The molecule has 0 spiro atoms. The van der Waals surface area contributed by atoms with Crippen LogP contribution in [0.1, 0.15) is 30.9 Å². The number of aryl methyl sites for hydroxylation is 2. The van der Waals surface area contributed by atoms with Crippen molar-refractivity contribution in [3.63, 3.8) is 0 Å². The lowest BCUT2D eigenvalue weighted by Gasteiger charge is -2.12. The standard InChI is InChI=1S/C17H24N6O2/c1-4-14-13(15(5-2)25-23-14)10-20-17(18-3)21-11-16(24)22-12-7-6-8-19-9-12/h6-9H,4-5,10-11H2,1-3H3,(H,22,24)(H2,18,20,21). The Morgan fingerprint density at radius 2 is 2.12 bits per heavy atom.